The normalized spacial score (nSPS) is 14.9. The van der Waals surface area contributed by atoms with Gasteiger partial charge in [-0.25, -0.2) is 0 Å². The van der Waals surface area contributed by atoms with E-state index in [9.17, 15) is 4.79 Å². The maximum Gasteiger partial charge on any atom is 0.251 e. The Hall–Kier alpha value is -2.03. The van der Waals surface area contributed by atoms with Crippen molar-refractivity contribution in [2.24, 2.45) is 5.73 Å². The van der Waals surface area contributed by atoms with E-state index in [4.69, 9.17) is 5.73 Å². The molecule has 0 bridgehead atoms. The molecule has 0 atom stereocenters. The average Bonchev–Trinajstić information content (AvgIpc) is 3.29. The summed E-state index contributed by atoms with van der Waals surface area (Å²) in [5.74, 6) is -0.323. The van der Waals surface area contributed by atoms with Crippen molar-refractivity contribution in [3.63, 3.8) is 0 Å². The van der Waals surface area contributed by atoms with E-state index < -0.39 is 0 Å². The molecular weight excluding hydrogens is 296 g/mol. The van der Waals surface area contributed by atoms with Gasteiger partial charge in [0.2, 0.25) is 0 Å². The summed E-state index contributed by atoms with van der Waals surface area (Å²) in [5, 5.41) is 0. The van der Waals surface area contributed by atoms with Gasteiger partial charge in [0.15, 0.2) is 0 Å². The molecule has 1 aromatic heterocycles. The zero-order valence-corrected chi connectivity index (χ0v) is 15.4. The van der Waals surface area contributed by atoms with Gasteiger partial charge < -0.3 is 10.3 Å². The van der Waals surface area contributed by atoms with Crippen LogP contribution < -0.4 is 5.73 Å². The van der Waals surface area contributed by atoms with Crippen molar-refractivity contribution in [2.45, 2.75) is 65.3 Å². The van der Waals surface area contributed by atoms with Gasteiger partial charge in [0.05, 0.1) is 5.56 Å². The zero-order valence-electron chi connectivity index (χ0n) is 15.4. The summed E-state index contributed by atoms with van der Waals surface area (Å²) in [6, 6.07) is 9.16. The van der Waals surface area contributed by atoms with Gasteiger partial charge in [-0.05, 0) is 42.7 Å². The Bertz CT molecular complexity index is 772. The third kappa shape index (κ3) is 2.77. The molecule has 3 rings (SSSR count). The predicted molar refractivity (Wildman–Crippen MR) is 99.5 cm³/mol. The Morgan fingerprint density at radius 3 is 2.21 bits per heavy atom. The van der Waals surface area contributed by atoms with Crippen LogP contribution in [0.15, 0.2) is 24.3 Å². The Balaban J connectivity index is 2.19. The van der Waals surface area contributed by atoms with Crippen LogP contribution in [0.3, 0.4) is 0 Å². The molecule has 3 nitrogen and oxygen atoms in total. The molecule has 1 saturated carbocycles. The lowest BCUT2D eigenvalue weighted by Gasteiger charge is -2.19. The van der Waals surface area contributed by atoms with Crippen molar-refractivity contribution >= 4 is 5.91 Å². The summed E-state index contributed by atoms with van der Waals surface area (Å²) < 4.78 is 2.35. The molecule has 1 aliphatic carbocycles. The second-order valence-corrected chi connectivity index (χ2v) is 7.93. The lowest BCUT2D eigenvalue weighted by atomic mass is 9.86. The van der Waals surface area contributed by atoms with E-state index in [2.05, 4.69) is 56.5 Å². The van der Waals surface area contributed by atoms with Crippen LogP contribution >= 0.6 is 0 Å². The SMILES string of the molecule is CCc1c(-c2ccc(C(C)(C)C)cc2)c(C(N)=O)c(C)n1C1CC1. The van der Waals surface area contributed by atoms with Gasteiger partial charge >= 0.3 is 0 Å². The monoisotopic (exact) mass is 324 g/mol. The molecule has 2 aromatic rings. The number of amides is 1. The quantitative estimate of drug-likeness (QED) is 0.866. The van der Waals surface area contributed by atoms with Crippen molar-refractivity contribution in [3.05, 3.63) is 46.8 Å². The summed E-state index contributed by atoms with van der Waals surface area (Å²) in [6.45, 7) is 10.8. The van der Waals surface area contributed by atoms with Gasteiger partial charge in [0.1, 0.15) is 0 Å². The summed E-state index contributed by atoms with van der Waals surface area (Å²) >= 11 is 0. The number of nitrogens with zero attached hydrogens (tertiary/aromatic N) is 1. The molecule has 0 unspecified atom stereocenters. The zero-order chi connectivity index (χ0) is 17.6. The van der Waals surface area contributed by atoms with Crippen molar-refractivity contribution in [1.82, 2.24) is 4.57 Å². The maximum atomic E-state index is 12.2. The minimum Gasteiger partial charge on any atom is -0.366 e. The van der Waals surface area contributed by atoms with Crippen LogP contribution in [0.2, 0.25) is 0 Å². The second-order valence-electron chi connectivity index (χ2n) is 7.93. The fourth-order valence-corrected chi connectivity index (χ4v) is 3.69. The molecule has 1 heterocycles. The predicted octanol–water partition coefficient (Wildman–Crippen LogP) is 4.76. The van der Waals surface area contributed by atoms with E-state index in [-0.39, 0.29) is 11.3 Å². The van der Waals surface area contributed by atoms with E-state index in [0.717, 1.165) is 23.2 Å². The second kappa shape index (κ2) is 5.80. The molecule has 1 aromatic carbocycles. The first kappa shape index (κ1) is 16.8. The minimum atomic E-state index is -0.323. The first-order chi connectivity index (χ1) is 11.3. The number of hydrogen-bond donors (Lipinski definition) is 1. The topological polar surface area (TPSA) is 48.0 Å². The lowest BCUT2D eigenvalue weighted by Crippen LogP contribution is -2.13. The maximum absolute atomic E-state index is 12.2. The number of hydrogen-bond acceptors (Lipinski definition) is 1. The molecule has 3 heteroatoms. The number of carbonyl (C=O) groups is 1. The van der Waals surface area contributed by atoms with Gasteiger partial charge in [0, 0.05) is 23.0 Å². The summed E-state index contributed by atoms with van der Waals surface area (Å²) in [7, 11) is 0. The minimum absolute atomic E-state index is 0.120. The molecule has 2 N–H and O–H groups in total. The first-order valence-corrected chi connectivity index (χ1v) is 8.90. The Morgan fingerprint density at radius 2 is 1.79 bits per heavy atom. The molecule has 0 radical (unpaired) electrons. The third-order valence-corrected chi connectivity index (χ3v) is 5.09. The number of benzene rings is 1. The third-order valence-electron chi connectivity index (χ3n) is 5.09. The lowest BCUT2D eigenvalue weighted by molar-refractivity contribution is 0.1000. The highest BCUT2D eigenvalue weighted by atomic mass is 16.1. The van der Waals surface area contributed by atoms with Crippen LogP contribution in [0.5, 0.6) is 0 Å². The molecule has 1 fully saturated rings. The largest absolute Gasteiger partial charge is 0.366 e. The molecule has 24 heavy (non-hydrogen) atoms. The molecule has 1 aliphatic rings. The van der Waals surface area contributed by atoms with Crippen LogP contribution in [0.4, 0.5) is 0 Å². The van der Waals surface area contributed by atoms with Crippen molar-refractivity contribution in [2.75, 3.05) is 0 Å². The summed E-state index contributed by atoms with van der Waals surface area (Å²) in [5.41, 5.74) is 12.3. The Morgan fingerprint density at radius 1 is 1.21 bits per heavy atom. The fraction of sp³-hybridized carbons (Fsp3) is 0.476. The summed E-state index contributed by atoms with van der Waals surface area (Å²) in [6.07, 6.45) is 3.30. The first-order valence-electron chi connectivity index (χ1n) is 8.90. The van der Waals surface area contributed by atoms with Crippen LogP contribution in [-0.2, 0) is 11.8 Å². The number of primary amides is 1. The average molecular weight is 324 g/mol. The van der Waals surface area contributed by atoms with Crippen molar-refractivity contribution in [1.29, 1.82) is 0 Å². The number of nitrogens with two attached hydrogens (primary N) is 1. The molecule has 1 amide bonds. The number of rotatable bonds is 4. The van der Waals surface area contributed by atoms with Crippen LogP contribution in [0.25, 0.3) is 11.1 Å². The molecule has 128 valence electrons. The van der Waals surface area contributed by atoms with E-state index in [1.807, 2.05) is 6.92 Å². The van der Waals surface area contributed by atoms with Gasteiger partial charge in [-0.1, -0.05) is 52.0 Å². The van der Waals surface area contributed by atoms with Crippen LogP contribution in [0.1, 0.15) is 73.9 Å². The highest BCUT2D eigenvalue weighted by molar-refractivity contribution is 6.02. The fourth-order valence-electron chi connectivity index (χ4n) is 3.69. The molecule has 0 aliphatic heterocycles. The highest BCUT2D eigenvalue weighted by Crippen LogP contribution is 2.43. The highest BCUT2D eigenvalue weighted by Gasteiger charge is 2.32. The van der Waals surface area contributed by atoms with E-state index in [1.165, 1.54) is 24.1 Å². The summed E-state index contributed by atoms with van der Waals surface area (Å²) in [4.78, 5) is 12.2. The van der Waals surface area contributed by atoms with Crippen LogP contribution in [-0.4, -0.2) is 10.5 Å². The van der Waals surface area contributed by atoms with Gasteiger partial charge in [-0.2, -0.15) is 0 Å². The van der Waals surface area contributed by atoms with Crippen LogP contribution in [0, 0.1) is 6.92 Å². The Kier molecular flexibility index (Phi) is 4.06. The standard InChI is InChI=1S/C21H28N2O/c1-6-17-19(14-7-9-15(10-8-14)21(3,4)5)18(20(22)24)13(2)23(17)16-11-12-16/h7-10,16H,6,11-12H2,1-5H3,(H2,22,24). The molecule has 0 spiro atoms. The van der Waals surface area contributed by atoms with E-state index in [1.54, 1.807) is 0 Å². The van der Waals surface area contributed by atoms with E-state index >= 15 is 0 Å². The van der Waals surface area contributed by atoms with Crippen molar-refractivity contribution < 1.29 is 4.79 Å². The van der Waals surface area contributed by atoms with Crippen molar-refractivity contribution in [3.8, 4) is 11.1 Å². The smallest absolute Gasteiger partial charge is 0.251 e. The molecule has 0 saturated heterocycles. The number of carbonyl (C=O) groups excluding carboxylic acids is 1. The van der Waals surface area contributed by atoms with Gasteiger partial charge in [-0.3, -0.25) is 4.79 Å². The van der Waals surface area contributed by atoms with Gasteiger partial charge in [0.25, 0.3) is 5.91 Å². The molecular formula is C21H28N2O. The Labute approximate surface area is 144 Å². The van der Waals surface area contributed by atoms with Gasteiger partial charge in [-0.15, -0.1) is 0 Å². The number of aromatic nitrogens is 1. The van der Waals surface area contributed by atoms with E-state index in [0.29, 0.717) is 11.6 Å².